The summed E-state index contributed by atoms with van der Waals surface area (Å²) in [4.78, 5) is 5.37. The predicted octanol–water partition coefficient (Wildman–Crippen LogP) is 1.55. The Morgan fingerprint density at radius 2 is 1.72 bits per heavy atom. The van der Waals surface area contributed by atoms with E-state index in [9.17, 15) is 0 Å². The molecule has 3 saturated heterocycles. The zero-order chi connectivity index (χ0) is 12.2. The molecule has 3 heterocycles. The van der Waals surface area contributed by atoms with Crippen molar-refractivity contribution in [3.63, 3.8) is 0 Å². The van der Waals surface area contributed by atoms with Crippen molar-refractivity contribution >= 4 is 0 Å². The largest absolute Gasteiger partial charge is 0.314 e. The smallest absolute Gasteiger partial charge is 0.0120 e. The van der Waals surface area contributed by atoms with Gasteiger partial charge in [0.05, 0.1) is 0 Å². The van der Waals surface area contributed by atoms with Crippen LogP contribution in [-0.4, -0.2) is 61.7 Å². The van der Waals surface area contributed by atoms with Crippen molar-refractivity contribution in [1.82, 2.24) is 15.1 Å². The van der Waals surface area contributed by atoms with Gasteiger partial charge in [-0.15, -0.1) is 0 Å². The van der Waals surface area contributed by atoms with Crippen LogP contribution in [0.2, 0.25) is 0 Å². The summed E-state index contributed by atoms with van der Waals surface area (Å²) in [5, 5.41) is 3.71. The van der Waals surface area contributed by atoms with Gasteiger partial charge in [0.1, 0.15) is 0 Å². The molecule has 104 valence electrons. The maximum Gasteiger partial charge on any atom is 0.0120 e. The standard InChI is InChI=1S/C15H29N3/c1-2-9-17(8-1)10-4-11-18-12-6-15-14(13-18)5-3-7-16-15/h14-16H,1-13H2. The van der Waals surface area contributed by atoms with E-state index in [-0.39, 0.29) is 0 Å². The molecule has 3 fully saturated rings. The Hall–Kier alpha value is -0.120. The second-order valence-electron chi connectivity index (χ2n) is 6.45. The van der Waals surface area contributed by atoms with E-state index in [0.29, 0.717) is 0 Å². The van der Waals surface area contributed by atoms with Gasteiger partial charge in [-0.2, -0.15) is 0 Å². The van der Waals surface area contributed by atoms with Crippen LogP contribution < -0.4 is 5.32 Å². The quantitative estimate of drug-likeness (QED) is 0.818. The second kappa shape index (κ2) is 6.36. The molecule has 0 aromatic heterocycles. The molecule has 0 amide bonds. The van der Waals surface area contributed by atoms with Gasteiger partial charge in [-0.05, 0) is 83.7 Å². The second-order valence-corrected chi connectivity index (χ2v) is 6.45. The van der Waals surface area contributed by atoms with Crippen molar-refractivity contribution in [2.24, 2.45) is 5.92 Å². The molecule has 3 rings (SSSR count). The number of piperidine rings is 2. The highest BCUT2D eigenvalue weighted by Gasteiger charge is 2.30. The maximum atomic E-state index is 3.71. The fraction of sp³-hybridized carbons (Fsp3) is 1.00. The molecule has 0 aromatic carbocycles. The van der Waals surface area contributed by atoms with Crippen LogP contribution in [0.4, 0.5) is 0 Å². The molecule has 3 heteroatoms. The Kier molecular flexibility index (Phi) is 4.55. The normalized spacial score (nSPS) is 34.7. The van der Waals surface area contributed by atoms with Gasteiger partial charge in [-0.25, -0.2) is 0 Å². The molecular formula is C15H29N3. The minimum atomic E-state index is 0.841. The van der Waals surface area contributed by atoms with Gasteiger partial charge in [0.25, 0.3) is 0 Å². The summed E-state index contributed by atoms with van der Waals surface area (Å²) < 4.78 is 0. The van der Waals surface area contributed by atoms with E-state index in [2.05, 4.69) is 15.1 Å². The lowest BCUT2D eigenvalue weighted by Gasteiger charge is -2.42. The topological polar surface area (TPSA) is 18.5 Å². The predicted molar refractivity (Wildman–Crippen MR) is 75.9 cm³/mol. The highest BCUT2D eigenvalue weighted by molar-refractivity contribution is 4.88. The molecule has 3 aliphatic rings. The first-order valence-corrected chi connectivity index (χ1v) is 8.10. The first kappa shape index (κ1) is 12.9. The van der Waals surface area contributed by atoms with E-state index in [1.54, 1.807) is 0 Å². The summed E-state index contributed by atoms with van der Waals surface area (Å²) in [6, 6.07) is 0.841. The van der Waals surface area contributed by atoms with E-state index in [0.717, 1.165) is 12.0 Å². The lowest BCUT2D eigenvalue weighted by Crippen LogP contribution is -2.52. The third-order valence-corrected chi connectivity index (χ3v) is 5.12. The van der Waals surface area contributed by atoms with Crippen molar-refractivity contribution < 1.29 is 0 Å². The summed E-state index contributed by atoms with van der Waals surface area (Å²) in [5.41, 5.74) is 0. The fourth-order valence-electron chi connectivity index (χ4n) is 4.05. The van der Waals surface area contributed by atoms with Gasteiger partial charge in [-0.3, -0.25) is 0 Å². The van der Waals surface area contributed by atoms with Gasteiger partial charge in [-0.1, -0.05) is 0 Å². The molecule has 2 atom stereocenters. The third-order valence-electron chi connectivity index (χ3n) is 5.12. The Morgan fingerprint density at radius 1 is 0.889 bits per heavy atom. The number of nitrogens with one attached hydrogen (secondary N) is 1. The van der Waals surface area contributed by atoms with Crippen LogP contribution in [0.25, 0.3) is 0 Å². The molecule has 0 radical (unpaired) electrons. The minimum Gasteiger partial charge on any atom is -0.314 e. The van der Waals surface area contributed by atoms with Crippen LogP contribution in [-0.2, 0) is 0 Å². The van der Waals surface area contributed by atoms with Crippen LogP contribution in [0.15, 0.2) is 0 Å². The zero-order valence-corrected chi connectivity index (χ0v) is 11.7. The molecule has 3 aliphatic heterocycles. The van der Waals surface area contributed by atoms with E-state index < -0.39 is 0 Å². The van der Waals surface area contributed by atoms with E-state index in [4.69, 9.17) is 0 Å². The average molecular weight is 251 g/mol. The summed E-state index contributed by atoms with van der Waals surface area (Å²) >= 11 is 0. The zero-order valence-electron chi connectivity index (χ0n) is 11.7. The van der Waals surface area contributed by atoms with Crippen molar-refractivity contribution in [2.45, 2.75) is 44.6 Å². The first-order valence-electron chi connectivity index (χ1n) is 8.10. The molecular weight excluding hydrogens is 222 g/mol. The molecule has 0 spiro atoms. The summed E-state index contributed by atoms with van der Waals surface area (Å²) in [6.45, 7) is 9.33. The lowest BCUT2D eigenvalue weighted by molar-refractivity contribution is 0.110. The van der Waals surface area contributed by atoms with E-state index in [1.807, 2.05) is 0 Å². The summed E-state index contributed by atoms with van der Waals surface area (Å²) in [6.07, 6.45) is 8.47. The molecule has 0 aromatic rings. The molecule has 1 N–H and O–H groups in total. The number of hydrogen-bond acceptors (Lipinski definition) is 3. The van der Waals surface area contributed by atoms with Crippen LogP contribution in [0.5, 0.6) is 0 Å². The number of hydrogen-bond donors (Lipinski definition) is 1. The van der Waals surface area contributed by atoms with Gasteiger partial charge in [0, 0.05) is 12.6 Å². The number of fused-ring (bicyclic) bond motifs is 1. The van der Waals surface area contributed by atoms with E-state index in [1.165, 1.54) is 84.3 Å². The van der Waals surface area contributed by atoms with Crippen molar-refractivity contribution in [3.8, 4) is 0 Å². The molecule has 2 unspecified atom stereocenters. The first-order chi connectivity index (χ1) is 8.92. The molecule has 18 heavy (non-hydrogen) atoms. The van der Waals surface area contributed by atoms with Gasteiger partial charge in [0.2, 0.25) is 0 Å². The summed E-state index contributed by atoms with van der Waals surface area (Å²) in [7, 11) is 0. The summed E-state index contributed by atoms with van der Waals surface area (Å²) in [5.74, 6) is 0.944. The maximum absolute atomic E-state index is 3.71. The number of rotatable bonds is 4. The van der Waals surface area contributed by atoms with Gasteiger partial charge < -0.3 is 15.1 Å². The Morgan fingerprint density at radius 3 is 2.61 bits per heavy atom. The fourth-order valence-corrected chi connectivity index (χ4v) is 4.05. The highest BCUT2D eigenvalue weighted by atomic mass is 15.2. The molecule has 0 saturated carbocycles. The molecule has 0 bridgehead atoms. The molecule has 0 aliphatic carbocycles. The Bertz CT molecular complexity index is 250. The SMILES string of the molecule is C1CNC2CCN(CCCN3CCCC3)CC2C1. The Labute approximate surface area is 112 Å². The number of likely N-dealkylation sites (tertiary alicyclic amines) is 2. The van der Waals surface area contributed by atoms with Crippen molar-refractivity contribution in [2.75, 3.05) is 45.8 Å². The van der Waals surface area contributed by atoms with Gasteiger partial charge >= 0.3 is 0 Å². The monoisotopic (exact) mass is 251 g/mol. The lowest BCUT2D eigenvalue weighted by atomic mass is 9.85. The van der Waals surface area contributed by atoms with E-state index >= 15 is 0 Å². The average Bonchev–Trinajstić information content (AvgIpc) is 2.92. The van der Waals surface area contributed by atoms with Crippen LogP contribution in [0.1, 0.15) is 38.5 Å². The number of nitrogens with zero attached hydrogens (tertiary/aromatic N) is 2. The third kappa shape index (κ3) is 3.25. The van der Waals surface area contributed by atoms with Gasteiger partial charge in [0.15, 0.2) is 0 Å². The Balaban J connectivity index is 1.35. The van der Waals surface area contributed by atoms with Crippen molar-refractivity contribution in [3.05, 3.63) is 0 Å². The van der Waals surface area contributed by atoms with Crippen LogP contribution in [0, 0.1) is 5.92 Å². The highest BCUT2D eigenvalue weighted by Crippen LogP contribution is 2.24. The van der Waals surface area contributed by atoms with Crippen molar-refractivity contribution in [1.29, 1.82) is 0 Å². The minimum absolute atomic E-state index is 0.841. The van der Waals surface area contributed by atoms with Crippen LogP contribution >= 0.6 is 0 Å². The molecule has 3 nitrogen and oxygen atoms in total. The van der Waals surface area contributed by atoms with Crippen LogP contribution in [0.3, 0.4) is 0 Å².